The molecule has 2 rings (SSSR count). The van der Waals surface area contributed by atoms with Crippen LogP contribution in [0.25, 0.3) is 10.1 Å². The largest absolute Gasteiger partial charge is 0.333 e. The van der Waals surface area contributed by atoms with E-state index in [0.29, 0.717) is 17.7 Å². The third-order valence-corrected chi connectivity index (χ3v) is 4.58. The fourth-order valence-corrected chi connectivity index (χ4v) is 2.99. The third kappa shape index (κ3) is 2.66. The summed E-state index contributed by atoms with van der Waals surface area (Å²) >= 11 is 1.23. The molecular formula is C15H15FN2OS. The molecule has 0 atom stereocenters. The Kier molecular flexibility index (Phi) is 4.05. The maximum Gasteiger partial charge on any atom is 0.262 e. The third-order valence-electron chi connectivity index (χ3n) is 3.48. The molecule has 0 radical (unpaired) electrons. The van der Waals surface area contributed by atoms with Crippen LogP contribution in [-0.4, -0.2) is 11.4 Å². The molecule has 0 fully saturated rings. The van der Waals surface area contributed by atoms with E-state index in [0.717, 1.165) is 10.1 Å². The minimum atomic E-state index is -0.835. The second kappa shape index (κ2) is 5.59. The van der Waals surface area contributed by atoms with Gasteiger partial charge in [-0.05, 0) is 36.4 Å². The van der Waals surface area contributed by atoms with Gasteiger partial charge in [0.25, 0.3) is 5.91 Å². The Morgan fingerprint density at radius 3 is 2.70 bits per heavy atom. The van der Waals surface area contributed by atoms with Crippen LogP contribution in [0.4, 0.5) is 4.39 Å². The van der Waals surface area contributed by atoms with Gasteiger partial charge in [0.05, 0.1) is 10.9 Å². The van der Waals surface area contributed by atoms with Crippen molar-refractivity contribution >= 4 is 27.3 Å². The fourth-order valence-electron chi connectivity index (χ4n) is 2.01. The van der Waals surface area contributed by atoms with E-state index >= 15 is 0 Å². The van der Waals surface area contributed by atoms with Gasteiger partial charge in [-0.15, -0.1) is 11.3 Å². The Bertz CT molecular complexity index is 683. The molecule has 20 heavy (non-hydrogen) atoms. The Balaban J connectivity index is 2.30. The molecular weight excluding hydrogens is 275 g/mol. The zero-order valence-electron chi connectivity index (χ0n) is 11.4. The Labute approximate surface area is 121 Å². The summed E-state index contributed by atoms with van der Waals surface area (Å²) in [7, 11) is 0. The highest BCUT2D eigenvalue weighted by Crippen LogP contribution is 2.27. The van der Waals surface area contributed by atoms with Gasteiger partial charge in [0, 0.05) is 4.70 Å². The normalized spacial score (nSPS) is 11.3. The molecule has 1 amide bonds. The first-order chi connectivity index (χ1) is 9.53. The summed E-state index contributed by atoms with van der Waals surface area (Å²) in [5, 5.41) is 12.9. The van der Waals surface area contributed by atoms with Gasteiger partial charge in [0.2, 0.25) is 0 Å². The number of halogens is 1. The summed E-state index contributed by atoms with van der Waals surface area (Å²) in [5.41, 5.74) is -0.835. The van der Waals surface area contributed by atoms with Crippen LogP contribution in [-0.2, 0) is 0 Å². The maximum absolute atomic E-state index is 13.1. The molecule has 0 aliphatic carbocycles. The quantitative estimate of drug-likeness (QED) is 0.929. The van der Waals surface area contributed by atoms with Crippen molar-refractivity contribution in [2.75, 3.05) is 0 Å². The zero-order valence-corrected chi connectivity index (χ0v) is 12.2. The molecule has 0 unspecified atom stereocenters. The topological polar surface area (TPSA) is 52.9 Å². The molecule has 0 spiro atoms. The lowest BCUT2D eigenvalue weighted by molar-refractivity contribution is 0.0920. The van der Waals surface area contributed by atoms with Crippen LogP contribution in [0.3, 0.4) is 0 Å². The summed E-state index contributed by atoms with van der Waals surface area (Å²) in [6, 6.07) is 8.32. The summed E-state index contributed by atoms with van der Waals surface area (Å²) in [4.78, 5) is 12.7. The van der Waals surface area contributed by atoms with Crippen LogP contribution in [0.15, 0.2) is 24.3 Å². The lowest BCUT2D eigenvalue weighted by Crippen LogP contribution is -2.46. The number of fused-ring (bicyclic) bond motifs is 1. The monoisotopic (exact) mass is 290 g/mol. The number of thiophene rings is 1. The van der Waals surface area contributed by atoms with Gasteiger partial charge >= 0.3 is 0 Å². The predicted molar refractivity (Wildman–Crippen MR) is 78.2 cm³/mol. The Hall–Kier alpha value is -1.93. The molecule has 104 valence electrons. The van der Waals surface area contributed by atoms with Gasteiger partial charge in [-0.3, -0.25) is 4.79 Å². The minimum absolute atomic E-state index is 0.281. The van der Waals surface area contributed by atoms with Crippen molar-refractivity contribution < 1.29 is 9.18 Å². The molecule has 0 saturated carbocycles. The summed E-state index contributed by atoms with van der Waals surface area (Å²) in [6.07, 6.45) is 1.09. The van der Waals surface area contributed by atoms with Gasteiger partial charge < -0.3 is 5.32 Å². The van der Waals surface area contributed by atoms with Crippen LogP contribution >= 0.6 is 11.3 Å². The smallest absolute Gasteiger partial charge is 0.262 e. The number of nitrogens with zero attached hydrogens (tertiary/aromatic N) is 1. The standard InChI is InChI=1S/C15H15FN2OS/c1-3-15(4-2,9-17)18-14(19)13-7-10-5-6-11(16)8-12(10)20-13/h5-8H,3-4H2,1-2H3,(H,18,19). The molecule has 1 aromatic heterocycles. The maximum atomic E-state index is 13.1. The highest BCUT2D eigenvalue weighted by Gasteiger charge is 2.28. The molecule has 0 bridgehead atoms. The van der Waals surface area contributed by atoms with Crippen LogP contribution in [0.2, 0.25) is 0 Å². The van der Waals surface area contributed by atoms with Gasteiger partial charge in [-0.25, -0.2) is 4.39 Å². The van der Waals surface area contributed by atoms with Crippen molar-refractivity contribution in [3.8, 4) is 6.07 Å². The van der Waals surface area contributed by atoms with E-state index in [1.165, 1.54) is 23.5 Å². The number of nitrogens with one attached hydrogen (secondary N) is 1. The van der Waals surface area contributed by atoms with Crippen molar-refractivity contribution in [2.45, 2.75) is 32.2 Å². The van der Waals surface area contributed by atoms with Gasteiger partial charge in [0.1, 0.15) is 11.4 Å². The van der Waals surface area contributed by atoms with Crippen molar-refractivity contribution in [3.05, 3.63) is 35.0 Å². The molecule has 0 saturated heterocycles. The van der Waals surface area contributed by atoms with Crippen LogP contribution in [0, 0.1) is 17.1 Å². The van der Waals surface area contributed by atoms with Crippen LogP contribution in [0.5, 0.6) is 0 Å². The average molecular weight is 290 g/mol. The zero-order chi connectivity index (χ0) is 14.8. The molecule has 2 aromatic rings. The average Bonchev–Trinajstić information content (AvgIpc) is 2.88. The van der Waals surface area contributed by atoms with E-state index in [4.69, 9.17) is 0 Å². The lowest BCUT2D eigenvalue weighted by atomic mass is 9.95. The highest BCUT2D eigenvalue weighted by molar-refractivity contribution is 7.20. The van der Waals surface area contributed by atoms with Crippen molar-refractivity contribution in [3.63, 3.8) is 0 Å². The number of carbonyl (C=O) groups excluding carboxylic acids is 1. The summed E-state index contributed by atoms with van der Waals surface area (Å²) < 4.78 is 13.9. The van der Waals surface area contributed by atoms with Crippen molar-refractivity contribution in [1.29, 1.82) is 5.26 Å². The fraction of sp³-hybridized carbons (Fsp3) is 0.333. The molecule has 0 aliphatic rings. The number of amides is 1. The number of carbonyl (C=O) groups is 1. The predicted octanol–water partition coefficient (Wildman–Crippen LogP) is 3.85. The van der Waals surface area contributed by atoms with Gasteiger partial charge in [-0.1, -0.05) is 19.9 Å². The van der Waals surface area contributed by atoms with E-state index in [9.17, 15) is 14.4 Å². The summed E-state index contributed by atoms with van der Waals surface area (Å²) in [6.45, 7) is 3.74. The molecule has 1 heterocycles. The van der Waals surface area contributed by atoms with E-state index in [1.54, 1.807) is 12.1 Å². The Morgan fingerprint density at radius 1 is 1.40 bits per heavy atom. The first kappa shape index (κ1) is 14.5. The number of rotatable bonds is 4. The second-order valence-corrected chi connectivity index (χ2v) is 5.73. The van der Waals surface area contributed by atoms with Crippen molar-refractivity contribution in [1.82, 2.24) is 5.32 Å². The molecule has 1 aromatic carbocycles. The number of nitriles is 1. The van der Waals surface area contributed by atoms with Gasteiger partial charge in [-0.2, -0.15) is 5.26 Å². The number of benzene rings is 1. The SMILES string of the molecule is CCC(C#N)(CC)NC(=O)c1cc2ccc(F)cc2s1. The highest BCUT2D eigenvalue weighted by atomic mass is 32.1. The van der Waals surface area contributed by atoms with E-state index in [1.807, 2.05) is 13.8 Å². The van der Waals surface area contributed by atoms with Crippen LogP contribution < -0.4 is 5.32 Å². The van der Waals surface area contributed by atoms with E-state index < -0.39 is 5.54 Å². The number of hydrogen-bond donors (Lipinski definition) is 1. The lowest BCUT2D eigenvalue weighted by Gasteiger charge is -2.24. The molecule has 5 heteroatoms. The van der Waals surface area contributed by atoms with Crippen molar-refractivity contribution in [2.24, 2.45) is 0 Å². The molecule has 0 aliphatic heterocycles. The number of hydrogen-bond acceptors (Lipinski definition) is 3. The Morgan fingerprint density at radius 2 is 2.10 bits per heavy atom. The second-order valence-electron chi connectivity index (χ2n) is 4.65. The van der Waals surface area contributed by atoms with Crippen LogP contribution in [0.1, 0.15) is 36.4 Å². The van der Waals surface area contributed by atoms with E-state index in [2.05, 4.69) is 11.4 Å². The molecule has 1 N–H and O–H groups in total. The molecule has 3 nitrogen and oxygen atoms in total. The van der Waals surface area contributed by atoms with Gasteiger partial charge in [0.15, 0.2) is 0 Å². The minimum Gasteiger partial charge on any atom is -0.333 e. The first-order valence-electron chi connectivity index (χ1n) is 6.46. The first-order valence-corrected chi connectivity index (χ1v) is 7.28. The summed E-state index contributed by atoms with van der Waals surface area (Å²) in [5.74, 6) is -0.600. The van der Waals surface area contributed by atoms with E-state index in [-0.39, 0.29) is 11.7 Å².